The van der Waals surface area contributed by atoms with Gasteiger partial charge in [0.2, 0.25) is 10.0 Å². The van der Waals surface area contributed by atoms with Crippen molar-refractivity contribution in [3.8, 4) is 0 Å². The minimum atomic E-state index is -3.42. The number of hydrogen-bond donors (Lipinski definition) is 2. The number of pyridine rings is 1. The molecule has 0 unspecified atom stereocenters. The summed E-state index contributed by atoms with van der Waals surface area (Å²) in [6.45, 7) is 0.714. The van der Waals surface area contributed by atoms with E-state index in [9.17, 15) is 8.42 Å². The molecule has 5 nitrogen and oxygen atoms in total. The molecule has 2 aromatic rings. The van der Waals surface area contributed by atoms with Gasteiger partial charge in [-0.2, -0.15) is 0 Å². The highest BCUT2D eigenvalue weighted by molar-refractivity contribution is 7.91. The van der Waals surface area contributed by atoms with Crippen molar-refractivity contribution in [3.05, 3.63) is 59.9 Å². The predicted molar refractivity (Wildman–Crippen MR) is 79.7 cm³/mol. The van der Waals surface area contributed by atoms with E-state index in [-0.39, 0.29) is 5.75 Å². The van der Waals surface area contributed by atoms with Crippen molar-refractivity contribution in [2.24, 2.45) is 0 Å². The van der Waals surface area contributed by atoms with Crippen LogP contribution in [0.25, 0.3) is 0 Å². The molecular formula is C14H17N3O2S. The Morgan fingerprint density at radius 2 is 1.80 bits per heavy atom. The first-order valence-electron chi connectivity index (χ1n) is 6.22. The second-order valence-electron chi connectivity index (χ2n) is 4.45. The fourth-order valence-electron chi connectivity index (χ4n) is 1.89. The lowest BCUT2D eigenvalue weighted by Crippen LogP contribution is -2.15. The third kappa shape index (κ3) is 4.32. The van der Waals surface area contributed by atoms with Crippen molar-refractivity contribution in [2.45, 2.75) is 12.3 Å². The van der Waals surface area contributed by atoms with Crippen LogP contribution in [0.2, 0.25) is 0 Å². The zero-order valence-corrected chi connectivity index (χ0v) is 12.0. The smallest absolute Gasteiger partial charge is 0.236 e. The van der Waals surface area contributed by atoms with Crippen LogP contribution in [0.3, 0.4) is 0 Å². The molecule has 106 valence electrons. The largest absolute Gasteiger partial charge is 0.316 e. The normalized spacial score (nSPS) is 11.2. The van der Waals surface area contributed by atoms with Gasteiger partial charge in [-0.05, 0) is 30.3 Å². The van der Waals surface area contributed by atoms with Gasteiger partial charge in [-0.1, -0.05) is 24.3 Å². The van der Waals surface area contributed by atoms with Gasteiger partial charge in [-0.3, -0.25) is 9.71 Å². The molecule has 0 fully saturated rings. The molecule has 0 amide bonds. The third-order valence-electron chi connectivity index (χ3n) is 2.68. The Morgan fingerprint density at radius 1 is 1.10 bits per heavy atom. The van der Waals surface area contributed by atoms with Crippen LogP contribution in [-0.2, 0) is 22.3 Å². The van der Waals surface area contributed by atoms with Crippen molar-refractivity contribution in [3.63, 3.8) is 0 Å². The van der Waals surface area contributed by atoms with Gasteiger partial charge in [0.25, 0.3) is 0 Å². The molecular weight excluding hydrogens is 274 g/mol. The van der Waals surface area contributed by atoms with E-state index in [1.165, 1.54) is 0 Å². The molecule has 1 aromatic heterocycles. The van der Waals surface area contributed by atoms with Crippen molar-refractivity contribution >= 4 is 15.7 Å². The molecule has 1 aromatic carbocycles. The van der Waals surface area contributed by atoms with Crippen molar-refractivity contribution < 1.29 is 8.42 Å². The molecule has 2 N–H and O–H groups in total. The Morgan fingerprint density at radius 3 is 2.50 bits per heavy atom. The number of aromatic nitrogens is 1. The summed E-state index contributed by atoms with van der Waals surface area (Å²) in [7, 11) is -1.56. The summed E-state index contributed by atoms with van der Waals surface area (Å²) in [6.07, 6.45) is 3.09. The summed E-state index contributed by atoms with van der Waals surface area (Å²) in [5.74, 6) is -0.0487. The quantitative estimate of drug-likeness (QED) is 0.850. The van der Waals surface area contributed by atoms with Crippen LogP contribution in [0.15, 0.2) is 48.8 Å². The van der Waals surface area contributed by atoms with Crippen LogP contribution in [0.5, 0.6) is 0 Å². The summed E-state index contributed by atoms with van der Waals surface area (Å²) in [5.41, 5.74) is 2.34. The predicted octanol–water partition coefficient (Wildman–Crippen LogP) is 1.74. The van der Waals surface area contributed by atoms with Crippen molar-refractivity contribution in [1.82, 2.24) is 10.3 Å². The Hall–Kier alpha value is -1.92. The average Bonchev–Trinajstić information content (AvgIpc) is 2.39. The van der Waals surface area contributed by atoms with Gasteiger partial charge in [-0.15, -0.1) is 0 Å². The van der Waals surface area contributed by atoms with Crippen molar-refractivity contribution in [1.29, 1.82) is 0 Å². The lowest BCUT2D eigenvalue weighted by Gasteiger charge is -2.09. The molecule has 0 saturated heterocycles. The van der Waals surface area contributed by atoms with Gasteiger partial charge in [0.1, 0.15) is 0 Å². The van der Waals surface area contributed by atoms with Crippen molar-refractivity contribution in [2.75, 3.05) is 11.8 Å². The minimum Gasteiger partial charge on any atom is -0.316 e. The van der Waals surface area contributed by atoms with Gasteiger partial charge in [-0.25, -0.2) is 8.42 Å². The summed E-state index contributed by atoms with van der Waals surface area (Å²) in [6, 6.07) is 10.8. The number of benzene rings is 1. The Kier molecular flexibility index (Phi) is 4.70. The highest BCUT2D eigenvalue weighted by atomic mass is 32.2. The number of sulfonamides is 1. The Labute approximate surface area is 119 Å². The van der Waals surface area contributed by atoms with Crippen LogP contribution >= 0.6 is 0 Å². The third-order valence-corrected chi connectivity index (χ3v) is 3.94. The van der Waals surface area contributed by atoms with Crippen LogP contribution in [0, 0.1) is 0 Å². The summed E-state index contributed by atoms with van der Waals surface area (Å²) in [4.78, 5) is 3.85. The Bertz CT molecular complexity index is 657. The first kappa shape index (κ1) is 14.5. The number of hydrogen-bond acceptors (Lipinski definition) is 4. The lowest BCUT2D eigenvalue weighted by atomic mass is 10.1. The van der Waals surface area contributed by atoms with Crippen LogP contribution < -0.4 is 10.0 Å². The monoisotopic (exact) mass is 291 g/mol. The molecule has 0 radical (unpaired) electrons. The zero-order valence-electron chi connectivity index (χ0n) is 11.2. The highest BCUT2D eigenvalue weighted by Crippen LogP contribution is 2.13. The minimum absolute atomic E-state index is 0.0487. The Balaban J connectivity index is 2.10. The second-order valence-corrected chi connectivity index (χ2v) is 6.17. The highest BCUT2D eigenvalue weighted by Gasteiger charge is 2.11. The van der Waals surface area contributed by atoms with E-state index in [4.69, 9.17) is 0 Å². The number of nitrogens with zero attached hydrogens (tertiary/aromatic N) is 1. The fraction of sp³-hybridized carbons (Fsp3) is 0.214. The number of nitrogens with one attached hydrogen (secondary N) is 2. The second kappa shape index (κ2) is 6.49. The van der Waals surface area contributed by atoms with E-state index >= 15 is 0 Å². The van der Waals surface area contributed by atoms with Gasteiger partial charge in [0, 0.05) is 18.9 Å². The standard InChI is InChI=1S/C14H17N3O2S/c1-15-10-12-3-2-4-13(9-12)11-20(18,19)17-14-5-7-16-8-6-14/h2-9,15H,10-11H2,1H3,(H,16,17). The fourth-order valence-corrected chi connectivity index (χ4v) is 3.07. The zero-order chi connectivity index (χ0) is 14.4. The van der Waals surface area contributed by atoms with E-state index < -0.39 is 10.0 Å². The van der Waals surface area contributed by atoms with Gasteiger partial charge >= 0.3 is 0 Å². The lowest BCUT2D eigenvalue weighted by molar-refractivity contribution is 0.600. The van der Waals surface area contributed by atoms with Gasteiger partial charge in [0.05, 0.1) is 11.4 Å². The molecule has 0 saturated carbocycles. The van der Waals surface area contributed by atoms with E-state index in [2.05, 4.69) is 15.0 Å². The summed E-state index contributed by atoms with van der Waals surface area (Å²) >= 11 is 0. The van der Waals surface area contributed by atoms with Gasteiger partial charge < -0.3 is 5.32 Å². The topological polar surface area (TPSA) is 71.1 Å². The van der Waals surface area contributed by atoms with Crippen LogP contribution in [0.4, 0.5) is 5.69 Å². The molecule has 2 rings (SSSR count). The summed E-state index contributed by atoms with van der Waals surface area (Å²) < 4.78 is 26.7. The molecule has 20 heavy (non-hydrogen) atoms. The van der Waals surface area contributed by atoms with Crippen LogP contribution in [0.1, 0.15) is 11.1 Å². The maximum absolute atomic E-state index is 12.1. The molecule has 0 aliphatic heterocycles. The molecule has 0 atom stereocenters. The molecule has 0 aliphatic rings. The van der Waals surface area contributed by atoms with E-state index in [1.54, 1.807) is 24.5 Å². The van der Waals surface area contributed by atoms with E-state index in [0.29, 0.717) is 12.2 Å². The molecule has 0 bridgehead atoms. The SMILES string of the molecule is CNCc1cccc(CS(=O)(=O)Nc2ccncc2)c1. The van der Waals surface area contributed by atoms with E-state index in [0.717, 1.165) is 11.1 Å². The maximum Gasteiger partial charge on any atom is 0.236 e. The molecule has 6 heteroatoms. The number of rotatable bonds is 6. The first-order valence-corrected chi connectivity index (χ1v) is 7.87. The number of anilines is 1. The average molecular weight is 291 g/mol. The molecule has 0 aliphatic carbocycles. The van der Waals surface area contributed by atoms with Gasteiger partial charge in [0.15, 0.2) is 0 Å². The molecule has 0 spiro atoms. The first-order chi connectivity index (χ1) is 9.59. The summed E-state index contributed by atoms with van der Waals surface area (Å²) in [5, 5.41) is 3.04. The van der Waals surface area contributed by atoms with E-state index in [1.807, 2.05) is 31.3 Å². The molecule has 1 heterocycles. The van der Waals surface area contributed by atoms with Crippen LogP contribution in [-0.4, -0.2) is 20.4 Å². The maximum atomic E-state index is 12.1.